The average Bonchev–Trinajstić information content (AvgIpc) is 3.55. The molecule has 0 saturated heterocycles. The molecule has 8 bridgehead atoms. The van der Waals surface area contributed by atoms with Crippen molar-refractivity contribution in [1.82, 2.24) is 19.9 Å². The van der Waals surface area contributed by atoms with Crippen molar-refractivity contribution in [2.45, 2.75) is 48.4 Å². The molecular formula is C24H16F12N4. The summed E-state index contributed by atoms with van der Waals surface area (Å²) in [6.07, 6.45) is -20.6. The van der Waals surface area contributed by atoms with E-state index in [0.717, 1.165) is 0 Å². The third kappa shape index (κ3) is 4.87. The number of hydrogen-bond donors (Lipinski definition) is 4. The van der Waals surface area contributed by atoms with Gasteiger partial charge < -0.3 is 19.9 Å². The SMILES string of the molecule is FC(F)(F)C1c2ccc([nH]2)C(C(F)(F)F)c2ccc([nH]2)C(C(F)(F)F)c2ccc([nH]2)C(C(F)(F)F)c2ccc1[nH]2. The predicted molar refractivity (Wildman–Crippen MR) is 115 cm³/mol. The number of rotatable bonds is 0. The first-order chi connectivity index (χ1) is 18.4. The standard InChI is InChI=1S/C24H16F12N4/c25-21(26,27)17-9-1-2-10(37-9)18(22(28,29)30)12-5-6-14(39-12)20(24(34,35)36)16-8-7-15(40-16)19(23(31,32)33)13-4-3-11(17)38-13/h1-8,17-20,37-40H. The molecular weight excluding hydrogens is 572 g/mol. The first kappa shape index (κ1) is 27.8. The zero-order valence-corrected chi connectivity index (χ0v) is 19.5. The molecule has 4 N–H and O–H groups in total. The molecule has 0 saturated carbocycles. The van der Waals surface area contributed by atoms with Crippen LogP contribution in [0.25, 0.3) is 0 Å². The van der Waals surface area contributed by atoms with Crippen LogP contribution in [0.1, 0.15) is 69.2 Å². The van der Waals surface area contributed by atoms with Gasteiger partial charge in [-0.15, -0.1) is 0 Å². The molecule has 0 radical (unpaired) electrons. The van der Waals surface area contributed by atoms with Crippen molar-refractivity contribution in [3.63, 3.8) is 0 Å². The van der Waals surface area contributed by atoms with Gasteiger partial charge in [0.25, 0.3) is 0 Å². The Bertz CT molecular complexity index is 1190. The third-order valence-electron chi connectivity index (χ3n) is 6.72. The molecule has 16 heteroatoms. The maximum atomic E-state index is 14.1. The third-order valence-corrected chi connectivity index (χ3v) is 6.72. The monoisotopic (exact) mass is 588 g/mol. The minimum atomic E-state index is -5.16. The van der Waals surface area contributed by atoms with E-state index < -0.39 is 93.9 Å². The second kappa shape index (κ2) is 8.89. The quantitative estimate of drug-likeness (QED) is 0.150. The van der Waals surface area contributed by atoms with Crippen LogP contribution in [-0.4, -0.2) is 44.6 Å². The summed E-state index contributed by atoms with van der Waals surface area (Å²) in [5, 5.41) is 0. The predicted octanol–water partition coefficient (Wildman–Crippen LogP) is 8.09. The lowest BCUT2D eigenvalue weighted by molar-refractivity contribution is -0.143. The van der Waals surface area contributed by atoms with Crippen molar-refractivity contribution in [2.24, 2.45) is 0 Å². The second-order valence-electron chi connectivity index (χ2n) is 9.37. The Kier molecular flexibility index (Phi) is 6.19. The van der Waals surface area contributed by atoms with E-state index in [0.29, 0.717) is 48.5 Å². The molecule has 1 aliphatic heterocycles. The average molecular weight is 588 g/mol. The maximum absolute atomic E-state index is 14.1. The molecule has 0 atom stereocenters. The van der Waals surface area contributed by atoms with Crippen LogP contribution in [-0.2, 0) is 0 Å². The summed E-state index contributed by atoms with van der Waals surface area (Å²) in [6.45, 7) is 0. The highest BCUT2D eigenvalue weighted by atomic mass is 19.4. The van der Waals surface area contributed by atoms with Crippen LogP contribution in [0.5, 0.6) is 0 Å². The Morgan fingerprint density at radius 1 is 0.300 bits per heavy atom. The molecule has 0 fully saturated rings. The smallest absolute Gasteiger partial charge is 0.361 e. The summed E-state index contributed by atoms with van der Waals surface area (Å²) < 4.78 is 170. The van der Waals surface area contributed by atoms with Gasteiger partial charge >= 0.3 is 24.7 Å². The normalized spacial score (nSPS) is 22.5. The van der Waals surface area contributed by atoms with Gasteiger partial charge in [-0.2, -0.15) is 52.7 Å². The lowest BCUT2D eigenvalue weighted by Crippen LogP contribution is -2.26. The van der Waals surface area contributed by atoms with Crippen molar-refractivity contribution < 1.29 is 52.7 Å². The van der Waals surface area contributed by atoms with E-state index in [4.69, 9.17) is 0 Å². The molecule has 216 valence electrons. The van der Waals surface area contributed by atoms with Crippen LogP contribution in [0.3, 0.4) is 0 Å². The number of nitrogens with one attached hydrogen (secondary N) is 4. The lowest BCUT2D eigenvalue weighted by atomic mass is 10.0. The van der Waals surface area contributed by atoms with E-state index in [-0.39, 0.29) is 0 Å². The fraction of sp³-hybridized carbons (Fsp3) is 0.333. The van der Waals surface area contributed by atoms with Gasteiger partial charge in [0.15, 0.2) is 0 Å². The van der Waals surface area contributed by atoms with Gasteiger partial charge in [0.1, 0.15) is 23.7 Å². The number of alkyl halides is 12. The molecule has 40 heavy (non-hydrogen) atoms. The minimum absolute atomic E-state index is 0.700. The van der Waals surface area contributed by atoms with Crippen molar-refractivity contribution in [1.29, 1.82) is 0 Å². The molecule has 4 nitrogen and oxygen atoms in total. The van der Waals surface area contributed by atoms with Gasteiger partial charge in [0.2, 0.25) is 0 Å². The van der Waals surface area contributed by atoms with Gasteiger partial charge in [-0.1, -0.05) is 0 Å². The fourth-order valence-electron chi connectivity index (χ4n) is 5.15. The molecule has 5 heterocycles. The number of fused-ring (bicyclic) bond motifs is 8. The number of aromatic amines is 4. The minimum Gasteiger partial charge on any atom is -0.361 e. The molecule has 0 aromatic carbocycles. The molecule has 0 aliphatic carbocycles. The Morgan fingerprint density at radius 2 is 0.425 bits per heavy atom. The highest BCUT2D eigenvalue weighted by Gasteiger charge is 2.50. The van der Waals surface area contributed by atoms with Crippen LogP contribution in [0, 0.1) is 0 Å². The highest BCUT2D eigenvalue weighted by molar-refractivity contribution is 5.39. The lowest BCUT2D eigenvalue weighted by Gasteiger charge is -2.23. The molecule has 5 rings (SSSR count). The van der Waals surface area contributed by atoms with Gasteiger partial charge in [-0.3, -0.25) is 0 Å². The summed E-state index contributed by atoms with van der Waals surface area (Å²) >= 11 is 0. The van der Waals surface area contributed by atoms with Crippen LogP contribution in [0.4, 0.5) is 52.7 Å². The molecule has 0 amide bonds. The summed E-state index contributed by atoms with van der Waals surface area (Å²) in [4.78, 5) is 8.24. The molecule has 1 aliphatic rings. The first-order valence-electron chi connectivity index (χ1n) is 11.4. The van der Waals surface area contributed by atoms with Gasteiger partial charge in [-0.25, -0.2) is 0 Å². The number of hydrogen-bond acceptors (Lipinski definition) is 0. The van der Waals surface area contributed by atoms with Crippen LogP contribution in [0.2, 0.25) is 0 Å². The zero-order chi connectivity index (χ0) is 29.4. The van der Waals surface area contributed by atoms with E-state index in [1.54, 1.807) is 0 Å². The zero-order valence-electron chi connectivity index (χ0n) is 19.5. The summed E-state index contributed by atoms with van der Waals surface area (Å²) in [6, 6.07) is 5.60. The number of halogens is 12. The van der Waals surface area contributed by atoms with E-state index in [1.807, 2.05) is 0 Å². The molecule has 4 aromatic heterocycles. The van der Waals surface area contributed by atoms with Crippen LogP contribution >= 0.6 is 0 Å². The number of aromatic nitrogens is 4. The summed E-state index contributed by atoms with van der Waals surface area (Å²) in [5.74, 6) is -10.7. The van der Waals surface area contributed by atoms with Gasteiger partial charge in [0, 0.05) is 45.6 Å². The van der Waals surface area contributed by atoms with Crippen molar-refractivity contribution in [3.8, 4) is 0 Å². The highest BCUT2D eigenvalue weighted by Crippen LogP contribution is 2.47. The van der Waals surface area contributed by atoms with Gasteiger partial charge in [-0.05, 0) is 48.5 Å². The van der Waals surface area contributed by atoms with Crippen molar-refractivity contribution >= 4 is 0 Å². The Morgan fingerprint density at radius 3 is 0.525 bits per heavy atom. The van der Waals surface area contributed by atoms with E-state index >= 15 is 0 Å². The Labute approximate surface area is 215 Å². The number of H-pyrrole nitrogens is 4. The van der Waals surface area contributed by atoms with Crippen molar-refractivity contribution in [2.75, 3.05) is 0 Å². The summed E-state index contributed by atoms with van der Waals surface area (Å²) in [7, 11) is 0. The van der Waals surface area contributed by atoms with E-state index in [2.05, 4.69) is 19.9 Å². The van der Waals surface area contributed by atoms with Crippen LogP contribution < -0.4 is 0 Å². The fourth-order valence-corrected chi connectivity index (χ4v) is 5.15. The largest absolute Gasteiger partial charge is 0.402 e. The van der Waals surface area contributed by atoms with Crippen LogP contribution in [0.15, 0.2) is 48.5 Å². The van der Waals surface area contributed by atoms with E-state index in [1.165, 1.54) is 0 Å². The Hall–Kier alpha value is -3.72. The first-order valence-corrected chi connectivity index (χ1v) is 11.4. The van der Waals surface area contributed by atoms with Crippen molar-refractivity contribution in [3.05, 3.63) is 94.1 Å². The molecule has 0 spiro atoms. The summed E-state index contributed by atoms with van der Waals surface area (Å²) in [5.41, 5.74) is -6.53. The van der Waals surface area contributed by atoms with E-state index in [9.17, 15) is 52.7 Å². The van der Waals surface area contributed by atoms with Gasteiger partial charge in [0.05, 0.1) is 0 Å². The molecule has 0 unspecified atom stereocenters. The topological polar surface area (TPSA) is 63.2 Å². The second-order valence-corrected chi connectivity index (χ2v) is 9.37. The molecule has 4 aromatic rings. The maximum Gasteiger partial charge on any atom is 0.402 e. The Balaban J connectivity index is 1.80.